The number of nitrogens with zero attached hydrogens (tertiary/aromatic N) is 2. The molecule has 17 heavy (non-hydrogen) atoms. The molecule has 0 bridgehead atoms. The minimum Gasteiger partial charge on any atom is -0.331 e. The number of hydrogen-bond acceptors (Lipinski definition) is 2. The molecule has 3 nitrogen and oxygen atoms in total. The van der Waals surface area contributed by atoms with Crippen LogP contribution in [-0.2, 0) is 13.5 Å². The van der Waals surface area contributed by atoms with Crippen LogP contribution in [0.1, 0.15) is 11.4 Å². The first-order valence-corrected chi connectivity index (χ1v) is 5.61. The fourth-order valence-corrected chi connectivity index (χ4v) is 2.04. The van der Waals surface area contributed by atoms with Gasteiger partial charge in [0.15, 0.2) is 0 Å². The molecule has 0 aliphatic rings. The Labute approximate surface area is 100 Å². The number of halogens is 1. The first-order valence-electron chi connectivity index (χ1n) is 5.61. The summed E-state index contributed by atoms with van der Waals surface area (Å²) >= 11 is 0. The lowest BCUT2D eigenvalue weighted by molar-refractivity contribution is 0.628. The Balaban J connectivity index is 2.50. The topological polar surface area (TPSA) is 43.8 Å². The minimum atomic E-state index is -0.247. The predicted octanol–water partition coefficient (Wildman–Crippen LogP) is 2.04. The molecule has 0 unspecified atom stereocenters. The number of hydrogen-bond donors (Lipinski definition) is 1. The summed E-state index contributed by atoms with van der Waals surface area (Å²) in [6.07, 6.45) is 0.782. The molecule has 1 aromatic heterocycles. The van der Waals surface area contributed by atoms with Gasteiger partial charge in [0, 0.05) is 24.7 Å². The van der Waals surface area contributed by atoms with Gasteiger partial charge in [0.1, 0.15) is 11.6 Å². The van der Waals surface area contributed by atoms with Crippen LogP contribution in [0.15, 0.2) is 24.3 Å². The first kappa shape index (κ1) is 11.8. The van der Waals surface area contributed by atoms with Gasteiger partial charge in [-0.25, -0.2) is 9.37 Å². The van der Waals surface area contributed by atoms with Gasteiger partial charge >= 0.3 is 0 Å². The van der Waals surface area contributed by atoms with Crippen molar-refractivity contribution in [3.05, 3.63) is 41.5 Å². The standard InChI is InChI=1S/C13H16FN3/c1-9-12(6-7-15)17(2)13(16-9)10-4-3-5-11(14)8-10/h3-5,8H,6-7,15H2,1-2H3. The zero-order valence-corrected chi connectivity index (χ0v) is 10.1. The van der Waals surface area contributed by atoms with Crippen LogP contribution in [0.25, 0.3) is 11.4 Å². The molecule has 2 rings (SSSR count). The number of rotatable bonds is 3. The van der Waals surface area contributed by atoms with E-state index in [1.807, 2.05) is 24.6 Å². The second-order valence-corrected chi connectivity index (χ2v) is 4.08. The Bertz CT molecular complexity index is 531. The smallest absolute Gasteiger partial charge is 0.140 e. The molecule has 4 heteroatoms. The lowest BCUT2D eigenvalue weighted by Crippen LogP contribution is -2.08. The number of benzene rings is 1. The van der Waals surface area contributed by atoms with Crippen molar-refractivity contribution in [2.75, 3.05) is 6.54 Å². The molecular weight excluding hydrogens is 217 g/mol. The average Bonchev–Trinajstić information content (AvgIpc) is 2.57. The van der Waals surface area contributed by atoms with E-state index in [0.29, 0.717) is 6.54 Å². The average molecular weight is 233 g/mol. The highest BCUT2D eigenvalue weighted by molar-refractivity contribution is 5.56. The van der Waals surface area contributed by atoms with E-state index < -0.39 is 0 Å². The van der Waals surface area contributed by atoms with Gasteiger partial charge in [-0.3, -0.25) is 0 Å². The van der Waals surface area contributed by atoms with E-state index in [0.717, 1.165) is 29.2 Å². The lowest BCUT2D eigenvalue weighted by atomic mass is 10.2. The molecule has 1 aromatic carbocycles. The predicted molar refractivity (Wildman–Crippen MR) is 66.1 cm³/mol. The van der Waals surface area contributed by atoms with Crippen LogP contribution in [0, 0.1) is 12.7 Å². The van der Waals surface area contributed by atoms with Crippen LogP contribution in [0.5, 0.6) is 0 Å². The minimum absolute atomic E-state index is 0.247. The van der Waals surface area contributed by atoms with Gasteiger partial charge in [-0.2, -0.15) is 0 Å². The Kier molecular flexibility index (Phi) is 3.24. The van der Waals surface area contributed by atoms with Crippen molar-refractivity contribution in [3.8, 4) is 11.4 Å². The van der Waals surface area contributed by atoms with Gasteiger partial charge in [-0.05, 0) is 25.6 Å². The summed E-state index contributed by atoms with van der Waals surface area (Å²) in [5, 5.41) is 0. The molecule has 0 radical (unpaired) electrons. The molecule has 0 fully saturated rings. The summed E-state index contributed by atoms with van der Waals surface area (Å²) in [6, 6.07) is 6.47. The summed E-state index contributed by atoms with van der Waals surface area (Å²) in [4.78, 5) is 4.48. The molecule has 0 saturated heterocycles. The molecule has 90 valence electrons. The zero-order valence-electron chi connectivity index (χ0n) is 10.1. The van der Waals surface area contributed by atoms with Crippen molar-refractivity contribution in [1.82, 2.24) is 9.55 Å². The third-order valence-corrected chi connectivity index (χ3v) is 2.88. The summed E-state index contributed by atoms with van der Waals surface area (Å²) in [7, 11) is 1.94. The highest BCUT2D eigenvalue weighted by Crippen LogP contribution is 2.22. The van der Waals surface area contributed by atoms with Crippen LogP contribution in [0.3, 0.4) is 0 Å². The molecule has 0 aliphatic carbocycles. The van der Waals surface area contributed by atoms with Gasteiger partial charge in [0.25, 0.3) is 0 Å². The van der Waals surface area contributed by atoms with Crippen LogP contribution >= 0.6 is 0 Å². The monoisotopic (exact) mass is 233 g/mol. The molecule has 0 aliphatic heterocycles. The van der Waals surface area contributed by atoms with Crippen molar-refractivity contribution in [2.24, 2.45) is 12.8 Å². The van der Waals surface area contributed by atoms with Crippen molar-refractivity contribution < 1.29 is 4.39 Å². The Hall–Kier alpha value is -1.68. The molecular formula is C13H16FN3. The van der Waals surface area contributed by atoms with Crippen molar-refractivity contribution in [3.63, 3.8) is 0 Å². The van der Waals surface area contributed by atoms with Crippen LogP contribution in [0.4, 0.5) is 4.39 Å². The van der Waals surface area contributed by atoms with E-state index >= 15 is 0 Å². The summed E-state index contributed by atoms with van der Waals surface area (Å²) in [6.45, 7) is 2.54. The van der Waals surface area contributed by atoms with Crippen LogP contribution < -0.4 is 5.73 Å². The zero-order chi connectivity index (χ0) is 12.4. The van der Waals surface area contributed by atoms with Crippen molar-refractivity contribution in [1.29, 1.82) is 0 Å². The van der Waals surface area contributed by atoms with E-state index in [1.54, 1.807) is 6.07 Å². The third-order valence-electron chi connectivity index (χ3n) is 2.88. The SMILES string of the molecule is Cc1nc(-c2cccc(F)c2)n(C)c1CCN. The number of aromatic nitrogens is 2. The van der Waals surface area contributed by atoms with Gasteiger partial charge in [0.05, 0.1) is 5.69 Å². The molecule has 0 atom stereocenters. The summed E-state index contributed by atoms with van der Waals surface area (Å²) in [5.41, 5.74) is 8.42. The summed E-state index contributed by atoms with van der Waals surface area (Å²) in [5.74, 6) is 0.536. The number of nitrogens with two attached hydrogens (primary N) is 1. The fraction of sp³-hybridized carbons (Fsp3) is 0.308. The second-order valence-electron chi connectivity index (χ2n) is 4.08. The molecule has 1 heterocycles. The second kappa shape index (κ2) is 4.67. The van der Waals surface area contributed by atoms with E-state index in [1.165, 1.54) is 12.1 Å². The van der Waals surface area contributed by atoms with E-state index in [-0.39, 0.29) is 5.82 Å². The molecule has 0 saturated carbocycles. The highest BCUT2D eigenvalue weighted by Gasteiger charge is 2.12. The Morgan fingerprint density at radius 1 is 1.41 bits per heavy atom. The third kappa shape index (κ3) is 2.22. The van der Waals surface area contributed by atoms with Crippen molar-refractivity contribution in [2.45, 2.75) is 13.3 Å². The maximum Gasteiger partial charge on any atom is 0.140 e. The van der Waals surface area contributed by atoms with Gasteiger partial charge < -0.3 is 10.3 Å². The van der Waals surface area contributed by atoms with E-state index in [4.69, 9.17) is 5.73 Å². The highest BCUT2D eigenvalue weighted by atomic mass is 19.1. The van der Waals surface area contributed by atoms with Crippen molar-refractivity contribution >= 4 is 0 Å². The lowest BCUT2D eigenvalue weighted by Gasteiger charge is -2.05. The van der Waals surface area contributed by atoms with E-state index in [2.05, 4.69) is 4.98 Å². The quantitative estimate of drug-likeness (QED) is 0.881. The molecule has 0 amide bonds. The van der Waals surface area contributed by atoms with Crippen LogP contribution in [0.2, 0.25) is 0 Å². The maximum absolute atomic E-state index is 13.2. The largest absolute Gasteiger partial charge is 0.331 e. The Morgan fingerprint density at radius 3 is 2.82 bits per heavy atom. The van der Waals surface area contributed by atoms with Crippen LogP contribution in [-0.4, -0.2) is 16.1 Å². The van der Waals surface area contributed by atoms with Gasteiger partial charge in [-0.15, -0.1) is 0 Å². The fourth-order valence-electron chi connectivity index (χ4n) is 2.04. The number of imidazole rings is 1. The molecule has 2 aromatic rings. The molecule has 0 spiro atoms. The normalized spacial score (nSPS) is 10.8. The number of aryl methyl sites for hydroxylation is 1. The van der Waals surface area contributed by atoms with E-state index in [9.17, 15) is 4.39 Å². The van der Waals surface area contributed by atoms with Gasteiger partial charge in [-0.1, -0.05) is 12.1 Å². The summed E-state index contributed by atoms with van der Waals surface area (Å²) < 4.78 is 15.2. The van der Waals surface area contributed by atoms with Gasteiger partial charge in [0.2, 0.25) is 0 Å². The molecule has 2 N–H and O–H groups in total. The first-order chi connectivity index (χ1) is 8.13. The Morgan fingerprint density at radius 2 is 2.18 bits per heavy atom. The maximum atomic E-state index is 13.2.